The monoisotopic (exact) mass is 164 g/mol. The molecule has 0 fully saturated rings. The third kappa shape index (κ3) is 2.05. The molecule has 0 aliphatic carbocycles. The van der Waals surface area contributed by atoms with E-state index in [-0.39, 0.29) is 0 Å². The van der Waals surface area contributed by atoms with E-state index >= 15 is 0 Å². The van der Waals surface area contributed by atoms with Crippen molar-refractivity contribution in [3.63, 3.8) is 0 Å². The minimum absolute atomic E-state index is 0.462. The normalized spacial score (nSPS) is 9.50. The Labute approximate surface area is 72.0 Å². The summed E-state index contributed by atoms with van der Waals surface area (Å²) in [5.41, 5.74) is 1.00. The van der Waals surface area contributed by atoms with Crippen molar-refractivity contribution in [1.29, 1.82) is 0 Å². The quantitative estimate of drug-likeness (QED) is 0.622. The highest BCUT2D eigenvalue weighted by atomic mass is 16.1. The average molecular weight is 164 g/mol. The van der Waals surface area contributed by atoms with Crippen molar-refractivity contribution in [2.75, 3.05) is 19.0 Å². The highest BCUT2D eigenvalue weighted by Gasteiger charge is 1.97. The van der Waals surface area contributed by atoms with Gasteiger partial charge in [0.05, 0.1) is 0 Å². The Kier molecular flexibility index (Phi) is 2.80. The molecule has 0 bridgehead atoms. The molecule has 0 spiro atoms. The maximum atomic E-state index is 10.2. The first-order valence-electron chi connectivity index (χ1n) is 3.80. The van der Waals surface area contributed by atoms with Gasteiger partial charge in [-0.25, -0.2) is 4.98 Å². The summed E-state index contributed by atoms with van der Waals surface area (Å²) in [5, 5.41) is 0. The van der Waals surface area contributed by atoms with Gasteiger partial charge in [-0.05, 0) is 17.7 Å². The van der Waals surface area contributed by atoms with Gasteiger partial charge in [0.2, 0.25) is 0 Å². The number of nitrogens with zero attached hydrogens (tertiary/aromatic N) is 2. The van der Waals surface area contributed by atoms with Crippen molar-refractivity contribution in [2.24, 2.45) is 0 Å². The van der Waals surface area contributed by atoms with Crippen LogP contribution >= 0.6 is 0 Å². The Balaban J connectivity index is 2.87. The summed E-state index contributed by atoms with van der Waals surface area (Å²) in [6.45, 7) is 0. The fourth-order valence-electron chi connectivity index (χ4n) is 0.928. The topological polar surface area (TPSA) is 33.2 Å². The molecule has 0 radical (unpaired) electrons. The number of rotatable bonds is 3. The van der Waals surface area contributed by atoms with Crippen LogP contribution in [0.5, 0.6) is 0 Å². The first kappa shape index (κ1) is 8.71. The molecule has 0 saturated heterocycles. The predicted octanol–water partition coefficient (Wildman–Crippen LogP) is 0.889. The van der Waals surface area contributed by atoms with E-state index in [4.69, 9.17) is 0 Å². The maximum Gasteiger partial charge on any atom is 0.128 e. The Morgan fingerprint density at radius 1 is 1.58 bits per heavy atom. The predicted molar refractivity (Wildman–Crippen MR) is 48.3 cm³/mol. The first-order valence-corrected chi connectivity index (χ1v) is 3.80. The summed E-state index contributed by atoms with van der Waals surface area (Å²) in [6.07, 6.45) is 3.08. The summed E-state index contributed by atoms with van der Waals surface area (Å²) in [7, 11) is 3.85. The van der Waals surface area contributed by atoms with Crippen LogP contribution in [0.25, 0.3) is 0 Å². The fraction of sp³-hybridized carbons (Fsp3) is 0.333. The largest absolute Gasteiger partial charge is 0.363 e. The first-order chi connectivity index (χ1) is 5.74. The van der Waals surface area contributed by atoms with Crippen LogP contribution in [0.2, 0.25) is 0 Å². The zero-order valence-electron chi connectivity index (χ0n) is 7.32. The van der Waals surface area contributed by atoms with Gasteiger partial charge in [0.25, 0.3) is 0 Å². The SMILES string of the molecule is CN(C)c1cc(CC=O)ccn1. The molecule has 3 nitrogen and oxygen atoms in total. The molecule has 3 heteroatoms. The molecule has 1 rings (SSSR count). The number of pyridine rings is 1. The van der Waals surface area contributed by atoms with E-state index in [0.29, 0.717) is 6.42 Å². The third-order valence-electron chi connectivity index (χ3n) is 1.59. The van der Waals surface area contributed by atoms with E-state index in [1.807, 2.05) is 31.1 Å². The summed E-state index contributed by atoms with van der Waals surface area (Å²) in [6, 6.07) is 3.76. The second-order valence-electron chi connectivity index (χ2n) is 2.79. The molecule has 0 saturated carbocycles. The number of carbonyl (C=O) groups is 1. The Morgan fingerprint density at radius 2 is 2.33 bits per heavy atom. The number of hydrogen-bond acceptors (Lipinski definition) is 3. The van der Waals surface area contributed by atoms with E-state index in [1.165, 1.54) is 0 Å². The Morgan fingerprint density at radius 3 is 2.92 bits per heavy atom. The molecule has 0 aliphatic rings. The van der Waals surface area contributed by atoms with Crippen LogP contribution < -0.4 is 4.90 Å². The number of aromatic nitrogens is 1. The second kappa shape index (κ2) is 3.85. The molecular weight excluding hydrogens is 152 g/mol. The average Bonchev–Trinajstić information content (AvgIpc) is 2.05. The van der Waals surface area contributed by atoms with E-state index < -0.39 is 0 Å². The van der Waals surface area contributed by atoms with Crippen molar-refractivity contribution < 1.29 is 4.79 Å². The lowest BCUT2D eigenvalue weighted by atomic mass is 10.2. The number of carbonyl (C=O) groups excluding carboxylic acids is 1. The molecule has 12 heavy (non-hydrogen) atoms. The van der Waals surface area contributed by atoms with Crippen LogP contribution in [0.4, 0.5) is 5.82 Å². The van der Waals surface area contributed by atoms with Gasteiger partial charge in [-0.1, -0.05) is 0 Å². The van der Waals surface area contributed by atoms with Gasteiger partial charge in [-0.3, -0.25) is 0 Å². The summed E-state index contributed by atoms with van der Waals surface area (Å²) in [4.78, 5) is 16.3. The zero-order chi connectivity index (χ0) is 8.97. The Hall–Kier alpha value is -1.38. The fourth-order valence-corrected chi connectivity index (χ4v) is 0.928. The number of aldehydes is 1. The number of hydrogen-bond donors (Lipinski definition) is 0. The summed E-state index contributed by atoms with van der Waals surface area (Å²) in [5.74, 6) is 0.884. The van der Waals surface area contributed by atoms with Crippen molar-refractivity contribution in [2.45, 2.75) is 6.42 Å². The molecule has 1 aromatic rings. The molecule has 1 aromatic heterocycles. The molecule has 0 unspecified atom stereocenters. The lowest BCUT2D eigenvalue weighted by Gasteiger charge is -2.10. The van der Waals surface area contributed by atoms with Crippen LogP contribution in [-0.2, 0) is 11.2 Å². The number of anilines is 1. The molecular formula is C9H12N2O. The van der Waals surface area contributed by atoms with Crippen LogP contribution in [0.3, 0.4) is 0 Å². The standard InChI is InChI=1S/C9H12N2O/c1-11(2)9-7-8(4-6-12)3-5-10-9/h3,5-7H,4H2,1-2H3. The van der Waals surface area contributed by atoms with E-state index in [2.05, 4.69) is 4.98 Å². The zero-order valence-corrected chi connectivity index (χ0v) is 7.32. The molecule has 0 amide bonds. The van der Waals surface area contributed by atoms with Crippen LogP contribution in [0.1, 0.15) is 5.56 Å². The molecule has 1 heterocycles. The molecule has 0 aromatic carbocycles. The second-order valence-corrected chi connectivity index (χ2v) is 2.79. The van der Waals surface area contributed by atoms with Gasteiger partial charge in [-0.2, -0.15) is 0 Å². The summed E-state index contributed by atoms with van der Waals surface area (Å²) < 4.78 is 0. The highest BCUT2D eigenvalue weighted by Crippen LogP contribution is 2.08. The van der Waals surface area contributed by atoms with Gasteiger partial charge in [0.15, 0.2) is 0 Å². The van der Waals surface area contributed by atoms with Crippen molar-refractivity contribution in [3.8, 4) is 0 Å². The molecule has 0 N–H and O–H groups in total. The van der Waals surface area contributed by atoms with Crippen molar-refractivity contribution in [1.82, 2.24) is 4.98 Å². The van der Waals surface area contributed by atoms with Gasteiger partial charge >= 0.3 is 0 Å². The minimum atomic E-state index is 0.462. The van der Waals surface area contributed by atoms with Crippen molar-refractivity contribution in [3.05, 3.63) is 23.9 Å². The van der Waals surface area contributed by atoms with Gasteiger partial charge in [0.1, 0.15) is 12.1 Å². The van der Waals surface area contributed by atoms with E-state index in [0.717, 1.165) is 17.7 Å². The van der Waals surface area contributed by atoms with E-state index in [1.54, 1.807) is 6.20 Å². The molecule has 0 aliphatic heterocycles. The lowest BCUT2D eigenvalue weighted by molar-refractivity contribution is -0.107. The van der Waals surface area contributed by atoms with Crippen molar-refractivity contribution >= 4 is 12.1 Å². The summed E-state index contributed by atoms with van der Waals surface area (Å²) >= 11 is 0. The highest BCUT2D eigenvalue weighted by molar-refractivity contribution is 5.56. The Bertz CT molecular complexity index is 271. The van der Waals surface area contributed by atoms with E-state index in [9.17, 15) is 4.79 Å². The minimum Gasteiger partial charge on any atom is -0.363 e. The van der Waals surface area contributed by atoms with Crippen LogP contribution in [-0.4, -0.2) is 25.4 Å². The third-order valence-corrected chi connectivity index (χ3v) is 1.59. The molecule has 64 valence electrons. The maximum absolute atomic E-state index is 10.2. The smallest absolute Gasteiger partial charge is 0.128 e. The van der Waals surface area contributed by atoms with Gasteiger partial charge in [0, 0.05) is 26.7 Å². The lowest BCUT2D eigenvalue weighted by Crippen LogP contribution is -2.10. The van der Waals surface area contributed by atoms with Crippen LogP contribution in [0, 0.1) is 0 Å². The molecule has 0 atom stereocenters. The van der Waals surface area contributed by atoms with Crippen LogP contribution in [0.15, 0.2) is 18.3 Å². The van der Waals surface area contributed by atoms with Gasteiger partial charge in [-0.15, -0.1) is 0 Å². The van der Waals surface area contributed by atoms with Gasteiger partial charge < -0.3 is 9.69 Å².